The van der Waals surface area contributed by atoms with Crippen LogP contribution in [0.3, 0.4) is 0 Å². The zero-order valence-electron chi connectivity index (χ0n) is 16.0. The van der Waals surface area contributed by atoms with E-state index in [4.69, 9.17) is 16.3 Å². The molecule has 4 rings (SSSR count). The molecule has 0 aliphatic carbocycles. The number of nitrogens with zero attached hydrogens (tertiary/aromatic N) is 2. The number of hydrogen-bond acceptors (Lipinski definition) is 3. The molecule has 1 aliphatic rings. The highest BCUT2D eigenvalue weighted by Crippen LogP contribution is 2.31. The van der Waals surface area contributed by atoms with Gasteiger partial charge in [-0.3, -0.25) is 4.79 Å². The molecule has 1 aliphatic heterocycles. The molecule has 0 spiro atoms. The molecule has 5 nitrogen and oxygen atoms in total. The molecule has 0 atom stereocenters. The van der Waals surface area contributed by atoms with E-state index in [1.54, 1.807) is 24.3 Å². The molecular weight excluding hydrogens is 393 g/mol. The Morgan fingerprint density at radius 3 is 2.86 bits per heavy atom. The second-order valence-electron chi connectivity index (χ2n) is 7.00. The highest BCUT2D eigenvalue weighted by atomic mass is 35.5. The Morgan fingerprint density at radius 2 is 2.07 bits per heavy atom. The Bertz CT molecular complexity index is 1060. The average Bonchev–Trinajstić information content (AvgIpc) is 2.89. The number of fused-ring (bicyclic) bond motifs is 1. The molecule has 1 N–H and O–H groups in total. The fourth-order valence-electron chi connectivity index (χ4n) is 3.71. The first kappa shape index (κ1) is 19.5. The molecule has 1 amide bonds. The lowest BCUT2D eigenvalue weighted by Crippen LogP contribution is -2.16. The number of anilines is 1. The van der Waals surface area contributed by atoms with Crippen LogP contribution in [0.5, 0.6) is 5.75 Å². The summed E-state index contributed by atoms with van der Waals surface area (Å²) in [4.78, 5) is 17.8. The van der Waals surface area contributed by atoms with E-state index in [1.807, 2.05) is 10.6 Å². The highest BCUT2D eigenvalue weighted by molar-refractivity contribution is 6.31. The standard InChI is InChI=1S/C22H21ClFN3O2/c1-29-19-10-9-15(23)13-17(19)25-22(28)20-18-8-3-2-4-11-27(18)21(26-20)14-6-5-7-16(24)12-14/h5-7,9-10,12-13H,2-4,8,11H2,1H3,(H,25,28). The van der Waals surface area contributed by atoms with Crippen molar-refractivity contribution in [3.63, 3.8) is 0 Å². The number of nitrogens with one attached hydrogen (secondary N) is 1. The summed E-state index contributed by atoms with van der Waals surface area (Å²) in [6, 6.07) is 11.3. The van der Waals surface area contributed by atoms with Crippen LogP contribution in [0.25, 0.3) is 11.4 Å². The summed E-state index contributed by atoms with van der Waals surface area (Å²) in [5.74, 6) is 0.463. The fourth-order valence-corrected chi connectivity index (χ4v) is 3.88. The minimum atomic E-state index is -0.334. The molecule has 0 saturated heterocycles. The van der Waals surface area contributed by atoms with Gasteiger partial charge in [0.2, 0.25) is 0 Å². The molecule has 0 bridgehead atoms. The van der Waals surface area contributed by atoms with E-state index in [-0.39, 0.29) is 11.7 Å². The summed E-state index contributed by atoms with van der Waals surface area (Å²) in [6.07, 6.45) is 3.80. The number of halogens is 2. The van der Waals surface area contributed by atoms with Crippen molar-refractivity contribution in [3.05, 3.63) is 64.7 Å². The van der Waals surface area contributed by atoms with Gasteiger partial charge in [0.15, 0.2) is 0 Å². The quantitative estimate of drug-likeness (QED) is 0.629. The number of ether oxygens (including phenoxy) is 1. The van der Waals surface area contributed by atoms with Crippen LogP contribution < -0.4 is 10.1 Å². The Labute approximate surface area is 173 Å². The summed E-state index contributed by atoms with van der Waals surface area (Å²) >= 11 is 6.08. The number of carbonyl (C=O) groups excluding carboxylic acids is 1. The van der Waals surface area contributed by atoms with Gasteiger partial charge in [-0.2, -0.15) is 0 Å². The largest absolute Gasteiger partial charge is 0.495 e. The number of amides is 1. The van der Waals surface area contributed by atoms with Gasteiger partial charge >= 0.3 is 0 Å². The van der Waals surface area contributed by atoms with Crippen LogP contribution >= 0.6 is 11.6 Å². The van der Waals surface area contributed by atoms with E-state index in [0.29, 0.717) is 33.5 Å². The second kappa shape index (κ2) is 8.25. The van der Waals surface area contributed by atoms with Crippen molar-refractivity contribution in [3.8, 4) is 17.1 Å². The molecule has 150 valence electrons. The van der Waals surface area contributed by atoms with Crippen molar-refractivity contribution in [2.24, 2.45) is 0 Å². The first-order valence-corrected chi connectivity index (χ1v) is 9.95. The van der Waals surface area contributed by atoms with Crippen LogP contribution in [-0.2, 0) is 13.0 Å². The summed E-state index contributed by atoms with van der Waals surface area (Å²) in [5, 5.41) is 3.36. The Kier molecular flexibility index (Phi) is 5.53. The summed E-state index contributed by atoms with van der Waals surface area (Å²) in [5.41, 5.74) is 2.37. The smallest absolute Gasteiger partial charge is 0.276 e. The van der Waals surface area contributed by atoms with Crippen molar-refractivity contribution in [2.45, 2.75) is 32.2 Å². The summed E-state index contributed by atoms with van der Waals surface area (Å²) in [6.45, 7) is 0.752. The van der Waals surface area contributed by atoms with Gasteiger partial charge in [-0.1, -0.05) is 30.2 Å². The van der Waals surface area contributed by atoms with Crippen LogP contribution in [0.1, 0.15) is 35.4 Å². The number of hydrogen-bond donors (Lipinski definition) is 1. The van der Waals surface area contributed by atoms with Gasteiger partial charge in [0.25, 0.3) is 5.91 Å². The van der Waals surface area contributed by atoms with Gasteiger partial charge in [-0.15, -0.1) is 0 Å². The van der Waals surface area contributed by atoms with Crippen LogP contribution in [0, 0.1) is 5.82 Å². The average molecular weight is 414 g/mol. The fraction of sp³-hybridized carbons (Fsp3) is 0.273. The molecule has 7 heteroatoms. The Hall–Kier alpha value is -2.86. The molecule has 2 heterocycles. The van der Waals surface area contributed by atoms with E-state index in [1.165, 1.54) is 19.2 Å². The number of benzene rings is 2. The predicted octanol–water partition coefficient (Wildman–Crippen LogP) is 5.33. The Balaban J connectivity index is 1.76. The van der Waals surface area contributed by atoms with Gasteiger partial charge in [-0.25, -0.2) is 9.37 Å². The third-order valence-electron chi connectivity index (χ3n) is 5.08. The maximum Gasteiger partial charge on any atom is 0.276 e. The number of imidazole rings is 1. The first-order valence-electron chi connectivity index (χ1n) is 9.57. The molecular formula is C22H21ClFN3O2. The van der Waals surface area contributed by atoms with Crippen LogP contribution in [0.4, 0.5) is 10.1 Å². The summed E-state index contributed by atoms with van der Waals surface area (Å²) < 4.78 is 21.2. The molecule has 1 aromatic heterocycles. The minimum Gasteiger partial charge on any atom is -0.495 e. The molecule has 0 unspecified atom stereocenters. The number of aromatic nitrogens is 2. The van der Waals surface area contributed by atoms with Gasteiger partial charge in [-0.05, 0) is 49.6 Å². The molecule has 0 fully saturated rings. The second-order valence-corrected chi connectivity index (χ2v) is 7.44. The third kappa shape index (κ3) is 3.98. The minimum absolute atomic E-state index is 0.330. The third-order valence-corrected chi connectivity index (χ3v) is 5.31. The van der Waals surface area contributed by atoms with Gasteiger partial charge in [0.1, 0.15) is 23.1 Å². The molecule has 29 heavy (non-hydrogen) atoms. The van der Waals surface area contributed by atoms with E-state index in [2.05, 4.69) is 10.3 Å². The molecule has 2 aromatic carbocycles. The van der Waals surface area contributed by atoms with E-state index >= 15 is 0 Å². The Morgan fingerprint density at radius 1 is 1.21 bits per heavy atom. The zero-order valence-corrected chi connectivity index (χ0v) is 16.8. The lowest BCUT2D eigenvalue weighted by Gasteiger charge is -2.11. The van der Waals surface area contributed by atoms with Crippen LogP contribution in [0.2, 0.25) is 5.02 Å². The monoisotopic (exact) mass is 413 g/mol. The topological polar surface area (TPSA) is 56.1 Å². The number of rotatable bonds is 4. The van der Waals surface area contributed by atoms with Crippen molar-refractivity contribution in [2.75, 3.05) is 12.4 Å². The maximum atomic E-state index is 13.8. The lowest BCUT2D eigenvalue weighted by molar-refractivity contribution is 0.102. The normalized spacial score (nSPS) is 13.5. The predicted molar refractivity (Wildman–Crippen MR) is 111 cm³/mol. The van der Waals surface area contributed by atoms with Crippen LogP contribution in [0.15, 0.2) is 42.5 Å². The molecule has 0 radical (unpaired) electrons. The van der Waals surface area contributed by atoms with E-state index in [0.717, 1.165) is 37.9 Å². The van der Waals surface area contributed by atoms with Gasteiger partial charge in [0, 0.05) is 17.1 Å². The van der Waals surface area contributed by atoms with Crippen molar-refractivity contribution in [1.82, 2.24) is 9.55 Å². The highest BCUT2D eigenvalue weighted by Gasteiger charge is 2.25. The van der Waals surface area contributed by atoms with Crippen LogP contribution in [-0.4, -0.2) is 22.6 Å². The van der Waals surface area contributed by atoms with Crippen molar-refractivity contribution in [1.29, 1.82) is 0 Å². The SMILES string of the molecule is COc1ccc(Cl)cc1NC(=O)c1nc(-c2cccc(F)c2)n2c1CCCCC2. The number of methoxy groups -OCH3 is 1. The van der Waals surface area contributed by atoms with Gasteiger partial charge in [0.05, 0.1) is 18.5 Å². The van der Waals surface area contributed by atoms with E-state index in [9.17, 15) is 9.18 Å². The summed E-state index contributed by atoms with van der Waals surface area (Å²) in [7, 11) is 1.53. The first-order chi connectivity index (χ1) is 14.1. The van der Waals surface area contributed by atoms with Crippen molar-refractivity contribution < 1.29 is 13.9 Å². The van der Waals surface area contributed by atoms with E-state index < -0.39 is 0 Å². The lowest BCUT2D eigenvalue weighted by atomic mass is 10.1. The van der Waals surface area contributed by atoms with Crippen molar-refractivity contribution >= 4 is 23.2 Å². The molecule has 0 saturated carbocycles. The maximum absolute atomic E-state index is 13.8. The number of carbonyl (C=O) groups is 1. The zero-order chi connectivity index (χ0) is 20.4. The van der Waals surface area contributed by atoms with Gasteiger partial charge < -0.3 is 14.6 Å². The molecule has 3 aromatic rings.